The number of nitrogens with one attached hydrogen (secondary N) is 2. The zero-order valence-electron chi connectivity index (χ0n) is 16.8. The maximum atomic E-state index is 12.3. The third kappa shape index (κ3) is 5.94. The van der Waals surface area contributed by atoms with E-state index in [2.05, 4.69) is 15.8 Å². The van der Waals surface area contributed by atoms with Crippen LogP contribution in [0.4, 0.5) is 5.69 Å². The van der Waals surface area contributed by atoms with E-state index in [0.717, 1.165) is 0 Å². The second kappa shape index (κ2) is 10.6. The molecule has 0 bridgehead atoms. The molecule has 0 unspecified atom stereocenters. The summed E-state index contributed by atoms with van der Waals surface area (Å²) in [5, 5.41) is 7.21. The van der Waals surface area contributed by atoms with Crippen molar-refractivity contribution in [2.45, 2.75) is 6.92 Å². The summed E-state index contributed by atoms with van der Waals surface area (Å²) in [4.78, 5) is 36.5. The minimum absolute atomic E-state index is 0.226. The lowest BCUT2D eigenvalue weighted by Gasteiger charge is -2.08. The summed E-state index contributed by atoms with van der Waals surface area (Å²) in [6.07, 6.45) is 1.26. The number of para-hydroxylation sites is 1. The highest BCUT2D eigenvalue weighted by atomic mass is 35.5. The average Bonchev–Trinajstić information content (AvgIpc) is 2.78. The molecule has 0 aliphatic carbocycles. The van der Waals surface area contributed by atoms with Gasteiger partial charge < -0.3 is 10.1 Å². The summed E-state index contributed by atoms with van der Waals surface area (Å²) >= 11 is 11.8. The number of carbonyl (C=O) groups excluding carboxylic acids is 3. The van der Waals surface area contributed by atoms with Crippen LogP contribution in [0.25, 0.3) is 0 Å². The Bertz CT molecular complexity index is 1190. The van der Waals surface area contributed by atoms with Gasteiger partial charge in [0, 0.05) is 21.3 Å². The van der Waals surface area contributed by atoms with Gasteiger partial charge in [-0.3, -0.25) is 9.59 Å². The van der Waals surface area contributed by atoms with E-state index in [1.165, 1.54) is 6.21 Å². The SMILES string of the molecule is Cc1c(Cl)cccc1NC(=O)C(=O)N/N=C/c1ccccc1OC(=O)c1ccc(Cl)cc1. The normalized spacial score (nSPS) is 10.6. The molecule has 162 valence electrons. The summed E-state index contributed by atoms with van der Waals surface area (Å²) in [7, 11) is 0. The van der Waals surface area contributed by atoms with Gasteiger partial charge in [0.2, 0.25) is 0 Å². The molecule has 3 rings (SSSR count). The molecule has 2 N–H and O–H groups in total. The van der Waals surface area contributed by atoms with Crippen LogP contribution >= 0.6 is 23.2 Å². The van der Waals surface area contributed by atoms with Crippen LogP contribution in [0.2, 0.25) is 10.0 Å². The van der Waals surface area contributed by atoms with Gasteiger partial charge >= 0.3 is 17.8 Å². The standard InChI is InChI=1S/C23H17Cl2N3O4/c1-14-18(25)6-4-7-19(14)27-21(29)22(30)28-26-13-16-5-2-3-8-20(16)32-23(31)15-9-11-17(24)12-10-15/h2-13H,1H3,(H,27,29)(H,28,30)/b26-13+. The van der Waals surface area contributed by atoms with Crippen molar-refractivity contribution in [2.75, 3.05) is 5.32 Å². The highest BCUT2D eigenvalue weighted by molar-refractivity contribution is 6.40. The van der Waals surface area contributed by atoms with Gasteiger partial charge in [0.25, 0.3) is 0 Å². The van der Waals surface area contributed by atoms with E-state index in [9.17, 15) is 14.4 Å². The van der Waals surface area contributed by atoms with E-state index >= 15 is 0 Å². The molecule has 9 heteroatoms. The van der Waals surface area contributed by atoms with Crippen LogP contribution in [0, 0.1) is 6.92 Å². The molecule has 32 heavy (non-hydrogen) atoms. The summed E-state index contributed by atoms with van der Waals surface area (Å²) in [5.41, 5.74) is 3.93. The van der Waals surface area contributed by atoms with Crippen molar-refractivity contribution < 1.29 is 19.1 Å². The van der Waals surface area contributed by atoms with Crippen LogP contribution in [0.3, 0.4) is 0 Å². The Morgan fingerprint density at radius 2 is 1.62 bits per heavy atom. The van der Waals surface area contributed by atoms with E-state index in [1.54, 1.807) is 73.7 Å². The highest BCUT2D eigenvalue weighted by Gasteiger charge is 2.15. The number of hydrazone groups is 1. The summed E-state index contributed by atoms with van der Waals surface area (Å²) in [5.74, 6) is -2.24. The van der Waals surface area contributed by atoms with Crippen molar-refractivity contribution >= 4 is 52.9 Å². The molecule has 7 nitrogen and oxygen atoms in total. The monoisotopic (exact) mass is 469 g/mol. The highest BCUT2D eigenvalue weighted by Crippen LogP contribution is 2.23. The van der Waals surface area contributed by atoms with E-state index in [-0.39, 0.29) is 5.75 Å². The number of halogens is 2. The molecular formula is C23H17Cl2N3O4. The number of hydrogen-bond acceptors (Lipinski definition) is 5. The fraction of sp³-hybridized carbons (Fsp3) is 0.0435. The molecule has 0 spiro atoms. The minimum atomic E-state index is -0.976. The van der Waals surface area contributed by atoms with Gasteiger partial charge in [0.1, 0.15) is 5.75 Å². The number of carbonyl (C=O) groups is 3. The Morgan fingerprint density at radius 1 is 0.906 bits per heavy atom. The Morgan fingerprint density at radius 3 is 2.38 bits per heavy atom. The quantitative estimate of drug-likeness (QED) is 0.187. The van der Waals surface area contributed by atoms with Crippen LogP contribution in [0.5, 0.6) is 5.75 Å². The van der Waals surface area contributed by atoms with Gasteiger partial charge in [-0.05, 0) is 61.0 Å². The van der Waals surface area contributed by atoms with Crippen LogP contribution in [0.1, 0.15) is 21.5 Å². The molecule has 0 saturated heterocycles. The maximum absolute atomic E-state index is 12.3. The van der Waals surface area contributed by atoms with Gasteiger partial charge in [-0.25, -0.2) is 10.2 Å². The van der Waals surface area contributed by atoms with Crippen molar-refractivity contribution in [3.63, 3.8) is 0 Å². The number of ether oxygens (including phenoxy) is 1. The Balaban J connectivity index is 1.63. The van der Waals surface area contributed by atoms with Crippen LogP contribution in [-0.4, -0.2) is 24.0 Å². The lowest BCUT2D eigenvalue weighted by Crippen LogP contribution is -2.32. The van der Waals surface area contributed by atoms with Gasteiger partial charge in [-0.1, -0.05) is 41.4 Å². The number of benzene rings is 3. The first-order valence-corrected chi connectivity index (χ1v) is 10.1. The molecule has 0 heterocycles. The number of hydrogen-bond donors (Lipinski definition) is 2. The molecule has 0 aliphatic rings. The lowest BCUT2D eigenvalue weighted by atomic mass is 10.2. The molecule has 3 aromatic carbocycles. The summed E-state index contributed by atoms with van der Waals surface area (Å²) < 4.78 is 5.40. The third-order valence-corrected chi connectivity index (χ3v) is 4.95. The van der Waals surface area contributed by atoms with Gasteiger partial charge in [0.05, 0.1) is 11.8 Å². The molecule has 0 atom stereocenters. The van der Waals surface area contributed by atoms with Crippen LogP contribution in [-0.2, 0) is 9.59 Å². The van der Waals surface area contributed by atoms with Crippen molar-refractivity contribution in [1.29, 1.82) is 0 Å². The zero-order valence-corrected chi connectivity index (χ0v) is 18.3. The van der Waals surface area contributed by atoms with Crippen molar-refractivity contribution in [3.8, 4) is 5.75 Å². The number of amides is 2. The fourth-order valence-electron chi connectivity index (χ4n) is 2.56. The lowest BCUT2D eigenvalue weighted by molar-refractivity contribution is -0.136. The van der Waals surface area contributed by atoms with Gasteiger partial charge in [0.15, 0.2) is 0 Å². The van der Waals surface area contributed by atoms with E-state index in [0.29, 0.717) is 32.4 Å². The number of rotatable bonds is 5. The Kier molecular flexibility index (Phi) is 7.59. The van der Waals surface area contributed by atoms with Crippen LogP contribution in [0.15, 0.2) is 71.8 Å². The van der Waals surface area contributed by atoms with Crippen molar-refractivity contribution in [2.24, 2.45) is 5.10 Å². The van der Waals surface area contributed by atoms with Crippen LogP contribution < -0.4 is 15.5 Å². The van der Waals surface area contributed by atoms with Crippen molar-refractivity contribution in [3.05, 3.63) is 93.5 Å². The predicted molar refractivity (Wildman–Crippen MR) is 123 cm³/mol. The topological polar surface area (TPSA) is 96.9 Å². The maximum Gasteiger partial charge on any atom is 0.343 e. The number of esters is 1. The minimum Gasteiger partial charge on any atom is -0.422 e. The van der Waals surface area contributed by atoms with E-state index in [1.807, 2.05) is 0 Å². The molecule has 3 aromatic rings. The second-order valence-corrected chi connectivity index (χ2v) is 7.34. The molecule has 0 saturated carbocycles. The predicted octanol–water partition coefficient (Wildman–Crippen LogP) is 4.61. The van der Waals surface area contributed by atoms with E-state index in [4.69, 9.17) is 27.9 Å². The van der Waals surface area contributed by atoms with Gasteiger partial charge in [-0.15, -0.1) is 0 Å². The second-order valence-electron chi connectivity index (χ2n) is 6.50. The number of anilines is 1. The smallest absolute Gasteiger partial charge is 0.343 e. The largest absolute Gasteiger partial charge is 0.422 e. The number of nitrogens with zero attached hydrogens (tertiary/aromatic N) is 1. The van der Waals surface area contributed by atoms with Crippen molar-refractivity contribution in [1.82, 2.24) is 5.43 Å². The molecule has 0 fully saturated rings. The molecule has 0 aliphatic heterocycles. The fourth-order valence-corrected chi connectivity index (χ4v) is 2.86. The van der Waals surface area contributed by atoms with E-state index < -0.39 is 17.8 Å². The molecular weight excluding hydrogens is 453 g/mol. The molecule has 2 amide bonds. The first-order chi connectivity index (χ1) is 15.3. The average molecular weight is 470 g/mol. The molecule has 0 radical (unpaired) electrons. The first-order valence-electron chi connectivity index (χ1n) is 9.31. The Hall–Kier alpha value is -3.68. The van der Waals surface area contributed by atoms with Gasteiger partial charge in [-0.2, -0.15) is 5.10 Å². The summed E-state index contributed by atoms with van der Waals surface area (Å²) in [6, 6.07) is 17.8. The molecule has 0 aromatic heterocycles. The Labute approximate surface area is 194 Å². The zero-order chi connectivity index (χ0) is 23.1. The first kappa shape index (κ1) is 23.0. The summed E-state index contributed by atoms with van der Waals surface area (Å²) in [6.45, 7) is 1.72. The third-order valence-electron chi connectivity index (χ3n) is 4.29.